The van der Waals surface area contributed by atoms with Gasteiger partial charge in [0.05, 0.1) is 16.5 Å². The molecule has 0 aliphatic carbocycles. The van der Waals surface area contributed by atoms with E-state index in [1.54, 1.807) is 6.20 Å². The zero-order valence-electron chi connectivity index (χ0n) is 7.25. The third kappa shape index (κ3) is 1.13. The molecule has 14 heavy (non-hydrogen) atoms. The fourth-order valence-electron chi connectivity index (χ4n) is 1.42. The molecule has 0 aromatic carbocycles. The molecule has 0 unspecified atom stereocenters. The van der Waals surface area contributed by atoms with Crippen LogP contribution >= 0.6 is 27.5 Å². The predicted molar refractivity (Wildman–Crippen MR) is 58.1 cm³/mol. The van der Waals surface area contributed by atoms with Crippen LogP contribution in [0.3, 0.4) is 0 Å². The summed E-state index contributed by atoms with van der Waals surface area (Å²) in [4.78, 5) is 3.95. The zero-order chi connectivity index (χ0) is 10.3. The Kier molecular flexibility index (Phi) is 2.22. The maximum Gasteiger partial charge on any atom is 0.139 e. The Morgan fingerprint density at radius 2 is 2.36 bits per heavy atom. The third-order valence-electron chi connectivity index (χ3n) is 2.11. The number of halogens is 2. The smallest absolute Gasteiger partial charge is 0.139 e. The van der Waals surface area contributed by atoms with Crippen LogP contribution in [0.15, 0.2) is 16.9 Å². The van der Waals surface area contributed by atoms with Crippen LogP contribution in [-0.4, -0.2) is 9.55 Å². The first kappa shape index (κ1) is 9.50. The standard InChI is InChI=1S/C9H5BrClN3/c1-14-6-2-3-13-9(11)7(6)5(4-12)8(14)10/h2-3H,1H3. The van der Waals surface area contributed by atoms with Crippen molar-refractivity contribution in [3.63, 3.8) is 0 Å². The molecule has 0 radical (unpaired) electrons. The molecule has 0 aliphatic heterocycles. The van der Waals surface area contributed by atoms with E-state index in [1.807, 2.05) is 17.7 Å². The third-order valence-corrected chi connectivity index (χ3v) is 3.32. The van der Waals surface area contributed by atoms with E-state index >= 15 is 0 Å². The number of nitrogens with zero attached hydrogens (tertiary/aromatic N) is 3. The largest absolute Gasteiger partial charge is 0.337 e. The summed E-state index contributed by atoms with van der Waals surface area (Å²) in [6.07, 6.45) is 1.62. The molecule has 5 heteroatoms. The first-order chi connectivity index (χ1) is 6.66. The van der Waals surface area contributed by atoms with Crippen LogP contribution in [0.5, 0.6) is 0 Å². The molecule has 0 aliphatic rings. The Labute approximate surface area is 94.0 Å². The number of hydrogen-bond donors (Lipinski definition) is 0. The van der Waals surface area contributed by atoms with E-state index in [1.165, 1.54) is 0 Å². The van der Waals surface area contributed by atoms with Crippen LogP contribution < -0.4 is 0 Å². The maximum atomic E-state index is 8.97. The molecule has 0 spiro atoms. The molecular weight excluding hydrogens is 265 g/mol. The number of fused-ring (bicyclic) bond motifs is 1. The normalized spacial score (nSPS) is 10.4. The van der Waals surface area contributed by atoms with Crippen LogP contribution in [-0.2, 0) is 7.05 Å². The van der Waals surface area contributed by atoms with Gasteiger partial charge < -0.3 is 4.57 Å². The molecule has 3 nitrogen and oxygen atoms in total. The van der Waals surface area contributed by atoms with Crippen LogP contribution in [0.25, 0.3) is 10.9 Å². The summed E-state index contributed by atoms with van der Waals surface area (Å²) in [7, 11) is 1.86. The van der Waals surface area contributed by atoms with Crippen molar-refractivity contribution in [3.05, 3.63) is 27.6 Å². The summed E-state index contributed by atoms with van der Waals surface area (Å²) in [5, 5.41) is 10.0. The number of pyridine rings is 1. The molecule has 0 atom stereocenters. The van der Waals surface area contributed by atoms with Crippen molar-refractivity contribution in [2.24, 2.45) is 7.05 Å². The minimum absolute atomic E-state index is 0.361. The monoisotopic (exact) mass is 269 g/mol. The van der Waals surface area contributed by atoms with Gasteiger partial charge in [0.1, 0.15) is 15.8 Å². The number of nitriles is 1. The minimum Gasteiger partial charge on any atom is -0.337 e. The lowest BCUT2D eigenvalue weighted by Crippen LogP contribution is -1.86. The first-order valence-electron chi connectivity index (χ1n) is 3.85. The SMILES string of the molecule is Cn1c(Br)c(C#N)c2c(Cl)nccc21. The van der Waals surface area contributed by atoms with Gasteiger partial charge in [-0.05, 0) is 22.0 Å². The van der Waals surface area contributed by atoms with Crippen LogP contribution in [0, 0.1) is 11.3 Å². The van der Waals surface area contributed by atoms with Crippen LogP contribution in [0.4, 0.5) is 0 Å². The van der Waals surface area contributed by atoms with Crippen LogP contribution in [0.1, 0.15) is 5.56 Å². The highest BCUT2D eigenvalue weighted by Crippen LogP contribution is 2.32. The maximum absolute atomic E-state index is 8.97. The fourth-order valence-corrected chi connectivity index (χ4v) is 2.14. The second-order valence-electron chi connectivity index (χ2n) is 2.83. The summed E-state index contributed by atoms with van der Waals surface area (Å²) in [6, 6.07) is 3.93. The highest BCUT2D eigenvalue weighted by molar-refractivity contribution is 9.10. The Morgan fingerprint density at radius 3 is 3.00 bits per heavy atom. The highest BCUT2D eigenvalue weighted by atomic mass is 79.9. The van der Waals surface area contributed by atoms with Crippen molar-refractivity contribution in [1.82, 2.24) is 9.55 Å². The average molecular weight is 271 g/mol. The summed E-state index contributed by atoms with van der Waals surface area (Å²) >= 11 is 9.27. The van der Waals surface area contributed by atoms with Gasteiger partial charge in [-0.3, -0.25) is 0 Å². The van der Waals surface area contributed by atoms with Crippen molar-refractivity contribution >= 4 is 38.4 Å². The highest BCUT2D eigenvalue weighted by Gasteiger charge is 2.15. The molecule has 0 amide bonds. The molecule has 0 bridgehead atoms. The molecule has 0 fully saturated rings. The molecule has 0 saturated heterocycles. The molecule has 70 valence electrons. The van der Waals surface area contributed by atoms with Crippen molar-refractivity contribution < 1.29 is 0 Å². The Hall–Kier alpha value is -1.05. The van der Waals surface area contributed by atoms with E-state index in [2.05, 4.69) is 27.0 Å². The van der Waals surface area contributed by atoms with E-state index < -0.39 is 0 Å². The summed E-state index contributed by atoms with van der Waals surface area (Å²) < 4.78 is 2.59. The molecule has 2 rings (SSSR count). The van der Waals surface area contributed by atoms with Gasteiger partial charge in [0.15, 0.2) is 0 Å². The molecular formula is C9H5BrClN3. The summed E-state index contributed by atoms with van der Waals surface area (Å²) in [6.45, 7) is 0. The van der Waals surface area contributed by atoms with Crippen LogP contribution in [0.2, 0.25) is 5.15 Å². The van der Waals surface area contributed by atoms with Gasteiger partial charge in [-0.2, -0.15) is 5.26 Å². The molecule has 2 aromatic rings. The van der Waals surface area contributed by atoms with Gasteiger partial charge in [0.2, 0.25) is 0 Å². The fraction of sp³-hybridized carbons (Fsp3) is 0.111. The zero-order valence-corrected chi connectivity index (χ0v) is 9.59. The van der Waals surface area contributed by atoms with E-state index in [4.69, 9.17) is 16.9 Å². The topological polar surface area (TPSA) is 41.6 Å². The lowest BCUT2D eigenvalue weighted by molar-refractivity contribution is 0.937. The van der Waals surface area contributed by atoms with Gasteiger partial charge >= 0.3 is 0 Å². The van der Waals surface area contributed by atoms with E-state index in [-0.39, 0.29) is 0 Å². The first-order valence-corrected chi connectivity index (χ1v) is 5.02. The molecule has 0 saturated carbocycles. The lowest BCUT2D eigenvalue weighted by atomic mass is 10.2. The van der Waals surface area contributed by atoms with Gasteiger partial charge in [-0.25, -0.2) is 4.98 Å². The van der Waals surface area contributed by atoms with Crippen molar-refractivity contribution in [3.8, 4) is 6.07 Å². The van der Waals surface area contributed by atoms with Gasteiger partial charge in [-0.15, -0.1) is 0 Å². The van der Waals surface area contributed by atoms with Gasteiger partial charge in [0.25, 0.3) is 0 Å². The second-order valence-corrected chi connectivity index (χ2v) is 3.94. The van der Waals surface area contributed by atoms with Crippen molar-refractivity contribution in [2.45, 2.75) is 0 Å². The van der Waals surface area contributed by atoms with E-state index in [9.17, 15) is 0 Å². The quantitative estimate of drug-likeness (QED) is 0.691. The second kappa shape index (κ2) is 3.26. The Bertz CT molecular complexity index is 553. The van der Waals surface area contributed by atoms with Gasteiger partial charge in [-0.1, -0.05) is 11.6 Å². The van der Waals surface area contributed by atoms with Crippen molar-refractivity contribution in [1.29, 1.82) is 5.26 Å². The van der Waals surface area contributed by atoms with E-state index in [0.29, 0.717) is 16.1 Å². The summed E-state index contributed by atoms with van der Waals surface area (Å²) in [5.74, 6) is 0. The Morgan fingerprint density at radius 1 is 1.64 bits per heavy atom. The van der Waals surface area contributed by atoms with Gasteiger partial charge in [0, 0.05) is 13.2 Å². The molecule has 2 aromatic heterocycles. The number of aromatic nitrogens is 2. The molecule has 0 N–H and O–H groups in total. The molecule has 2 heterocycles. The Balaban J connectivity index is 3.06. The number of hydrogen-bond acceptors (Lipinski definition) is 2. The predicted octanol–water partition coefficient (Wildman–Crippen LogP) is 2.86. The number of rotatable bonds is 0. The van der Waals surface area contributed by atoms with E-state index in [0.717, 1.165) is 10.1 Å². The number of aryl methyl sites for hydroxylation is 1. The van der Waals surface area contributed by atoms with Crippen molar-refractivity contribution in [2.75, 3.05) is 0 Å². The minimum atomic E-state index is 0.361. The average Bonchev–Trinajstić information content (AvgIpc) is 2.43. The summed E-state index contributed by atoms with van der Waals surface area (Å²) in [5.41, 5.74) is 1.43. The lowest BCUT2D eigenvalue weighted by Gasteiger charge is -1.96.